The maximum absolute atomic E-state index is 12.9. The van der Waals surface area contributed by atoms with Crippen LogP contribution in [0.3, 0.4) is 0 Å². The molecule has 1 unspecified atom stereocenters. The van der Waals surface area contributed by atoms with Gasteiger partial charge in [0.2, 0.25) is 10.0 Å². The van der Waals surface area contributed by atoms with Gasteiger partial charge in [-0.3, -0.25) is 0 Å². The average Bonchev–Trinajstić information content (AvgIpc) is 3.22. The molecule has 2 aromatic rings. The van der Waals surface area contributed by atoms with Crippen LogP contribution in [0.5, 0.6) is 0 Å². The molecule has 0 aliphatic carbocycles. The maximum atomic E-state index is 12.9. The number of hydrogen-bond acceptors (Lipinski definition) is 5. The predicted molar refractivity (Wildman–Crippen MR) is 123 cm³/mol. The van der Waals surface area contributed by atoms with E-state index in [2.05, 4.69) is 0 Å². The number of rotatable bonds is 10. The topological polar surface area (TPSA) is 68.2 Å². The monoisotopic (exact) mass is 444 g/mol. The number of benzene rings is 2. The summed E-state index contributed by atoms with van der Waals surface area (Å²) in [5, 5.41) is 0. The van der Waals surface area contributed by atoms with Gasteiger partial charge in [-0.2, -0.15) is 0 Å². The van der Waals surface area contributed by atoms with E-state index in [0.29, 0.717) is 30.4 Å². The largest absolute Gasteiger partial charge is 0.470 e. The summed E-state index contributed by atoms with van der Waals surface area (Å²) in [7, 11) is -0.246. The first-order valence-electron chi connectivity index (χ1n) is 10.7. The zero-order chi connectivity index (χ0) is 22.4. The number of aliphatic imine (C=N–C) groups is 1. The van der Waals surface area contributed by atoms with Crippen LogP contribution < -0.4 is 0 Å². The summed E-state index contributed by atoms with van der Waals surface area (Å²) in [6, 6.07) is 17.0. The van der Waals surface area contributed by atoms with E-state index in [1.54, 1.807) is 26.3 Å². The van der Waals surface area contributed by atoms with Crippen molar-refractivity contribution < 1.29 is 17.9 Å². The zero-order valence-corrected chi connectivity index (χ0v) is 19.5. The number of sulfonamides is 1. The van der Waals surface area contributed by atoms with Crippen LogP contribution in [0.2, 0.25) is 0 Å². The van der Waals surface area contributed by atoms with Crippen LogP contribution in [0.15, 0.2) is 64.5 Å². The van der Waals surface area contributed by atoms with Gasteiger partial charge in [-0.05, 0) is 36.1 Å². The normalized spacial score (nSPS) is 19.8. The molecule has 1 heterocycles. The lowest BCUT2D eigenvalue weighted by Gasteiger charge is -2.21. The Morgan fingerprint density at radius 3 is 2.42 bits per heavy atom. The molecule has 1 aliphatic rings. The van der Waals surface area contributed by atoms with Gasteiger partial charge in [-0.25, -0.2) is 17.7 Å². The molecule has 0 saturated carbocycles. The molecule has 0 amide bonds. The third-order valence-corrected chi connectivity index (χ3v) is 7.57. The summed E-state index contributed by atoms with van der Waals surface area (Å²) in [4.78, 5) is 5.07. The quantitative estimate of drug-likeness (QED) is 0.554. The summed E-state index contributed by atoms with van der Waals surface area (Å²) < 4.78 is 38.7. The smallest absolute Gasteiger partial charge is 0.242 e. The van der Waals surface area contributed by atoms with Crippen LogP contribution in [-0.4, -0.2) is 52.0 Å². The van der Waals surface area contributed by atoms with Crippen LogP contribution >= 0.6 is 0 Å². The fraction of sp³-hybridized carbons (Fsp3) is 0.458. The molecule has 31 heavy (non-hydrogen) atoms. The molecule has 7 heteroatoms. The molecule has 2 aromatic carbocycles. The number of nitrogens with zero attached hydrogens (tertiary/aromatic N) is 2. The van der Waals surface area contributed by atoms with E-state index in [9.17, 15) is 8.42 Å². The molecule has 0 saturated heterocycles. The Balaban J connectivity index is 1.64. The SMILES string of the molecule is CCc1ccc(S(=O)(=O)N(C)CCC(C)C2=N[C@@H](COC)[C@H](c3ccccc3)O2)cc1. The summed E-state index contributed by atoms with van der Waals surface area (Å²) >= 11 is 0. The second-order valence-electron chi connectivity index (χ2n) is 7.95. The highest BCUT2D eigenvalue weighted by molar-refractivity contribution is 7.89. The molecule has 168 valence electrons. The van der Waals surface area contributed by atoms with Gasteiger partial charge >= 0.3 is 0 Å². The number of methoxy groups -OCH3 is 1. The van der Waals surface area contributed by atoms with Gasteiger partial charge in [0.1, 0.15) is 12.1 Å². The highest BCUT2D eigenvalue weighted by Gasteiger charge is 2.34. The molecular formula is C24H32N2O4S. The molecule has 0 radical (unpaired) electrons. The number of aryl methyl sites for hydroxylation is 1. The molecule has 0 spiro atoms. The first-order chi connectivity index (χ1) is 14.9. The molecule has 1 aliphatic heterocycles. The second kappa shape index (κ2) is 10.4. The third kappa shape index (κ3) is 5.53. The summed E-state index contributed by atoms with van der Waals surface area (Å²) in [6.45, 7) is 4.92. The summed E-state index contributed by atoms with van der Waals surface area (Å²) in [6.07, 6.45) is 1.31. The lowest BCUT2D eigenvalue weighted by molar-refractivity contribution is 0.116. The van der Waals surface area contributed by atoms with Crippen LogP contribution in [0.1, 0.15) is 37.5 Å². The molecule has 0 N–H and O–H groups in total. The van der Waals surface area contributed by atoms with Crippen LogP contribution in [0, 0.1) is 5.92 Å². The van der Waals surface area contributed by atoms with Crippen molar-refractivity contribution in [3.05, 3.63) is 65.7 Å². The summed E-state index contributed by atoms with van der Waals surface area (Å²) in [5.41, 5.74) is 2.18. The Kier molecular flexibility index (Phi) is 7.86. The minimum absolute atomic E-state index is 0.00631. The van der Waals surface area contributed by atoms with Crippen molar-refractivity contribution in [3.8, 4) is 0 Å². The van der Waals surface area contributed by atoms with Crippen molar-refractivity contribution in [2.24, 2.45) is 10.9 Å². The zero-order valence-electron chi connectivity index (χ0n) is 18.7. The van der Waals surface area contributed by atoms with Crippen LogP contribution in [0.4, 0.5) is 0 Å². The minimum Gasteiger partial charge on any atom is -0.470 e. The Bertz CT molecular complexity index is 974. The van der Waals surface area contributed by atoms with Gasteiger partial charge in [-0.1, -0.05) is 56.3 Å². The van der Waals surface area contributed by atoms with Crippen molar-refractivity contribution in [2.75, 3.05) is 27.3 Å². The molecule has 0 bridgehead atoms. The fourth-order valence-corrected chi connectivity index (χ4v) is 4.82. The lowest BCUT2D eigenvalue weighted by atomic mass is 10.0. The molecule has 3 rings (SSSR count). The van der Waals surface area contributed by atoms with E-state index in [1.807, 2.05) is 56.3 Å². The standard InChI is InChI=1S/C24H32N2O4S/c1-5-19-11-13-21(14-12-19)31(27,28)26(3)16-15-18(2)24-25-22(17-29-4)23(30-24)20-9-7-6-8-10-20/h6-14,18,22-23H,5,15-17H2,1-4H3/t18?,22-,23-/m0/s1. The highest BCUT2D eigenvalue weighted by atomic mass is 32.2. The highest BCUT2D eigenvalue weighted by Crippen LogP contribution is 2.32. The summed E-state index contributed by atoms with van der Waals surface area (Å²) in [5.74, 6) is 0.655. The van der Waals surface area contributed by atoms with E-state index in [0.717, 1.165) is 17.5 Å². The van der Waals surface area contributed by atoms with Crippen LogP contribution in [0.25, 0.3) is 0 Å². The molecule has 3 atom stereocenters. The van der Waals surface area contributed by atoms with Gasteiger partial charge in [0.25, 0.3) is 0 Å². The van der Waals surface area contributed by atoms with E-state index >= 15 is 0 Å². The van der Waals surface area contributed by atoms with Crippen molar-refractivity contribution in [3.63, 3.8) is 0 Å². The first-order valence-corrected chi connectivity index (χ1v) is 12.1. The van der Waals surface area contributed by atoms with E-state index in [1.165, 1.54) is 4.31 Å². The Morgan fingerprint density at radius 1 is 1.13 bits per heavy atom. The van der Waals surface area contributed by atoms with Gasteiger partial charge < -0.3 is 9.47 Å². The molecular weight excluding hydrogens is 412 g/mol. The molecule has 6 nitrogen and oxygen atoms in total. The average molecular weight is 445 g/mol. The van der Waals surface area contributed by atoms with Gasteiger partial charge in [0.15, 0.2) is 5.90 Å². The Morgan fingerprint density at radius 2 is 1.81 bits per heavy atom. The van der Waals surface area contributed by atoms with Crippen molar-refractivity contribution in [1.29, 1.82) is 0 Å². The Hall–Kier alpha value is -2.22. The predicted octanol–water partition coefficient (Wildman–Crippen LogP) is 4.08. The third-order valence-electron chi connectivity index (χ3n) is 5.69. The van der Waals surface area contributed by atoms with Gasteiger partial charge in [0.05, 0.1) is 11.5 Å². The van der Waals surface area contributed by atoms with Gasteiger partial charge in [0, 0.05) is 26.6 Å². The van der Waals surface area contributed by atoms with Gasteiger partial charge in [-0.15, -0.1) is 0 Å². The van der Waals surface area contributed by atoms with E-state index in [-0.39, 0.29) is 18.1 Å². The number of hydrogen-bond donors (Lipinski definition) is 0. The maximum Gasteiger partial charge on any atom is 0.242 e. The Labute approximate surface area is 186 Å². The van der Waals surface area contributed by atoms with E-state index < -0.39 is 10.0 Å². The van der Waals surface area contributed by atoms with Crippen molar-refractivity contribution in [2.45, 2.75) is 43.7 Å². The van der Waals surface area contributed by atoms with Crippen molar-refractivity contribution >= 4 is 15.9 Å². The first kappa shape index (κ1) is 23.4. The lowest BCUT2D eigenvalue weighted by Crippen LogP contribution is -2.30. The number of ether oxygens (including phenoxy) is 2. The van der Waals surface area contributed by atoms with E-state index in [4.69, 9.17) is 14.5 Å². The molecule has 0 fully saturated rings. The van der Waals surface area contributed by atoms with Crippen LogP contribution in [-0.2, 0) is 25.9 Å². The fourth-order valence-electron chi connectivity index (χ4n) is 3.64. The van der Waals surface area contributed by atoms with Crippen molar-refractivity contribution in [1.82, 2.24) is 4.31 Å². The minimum atomic E-state index is -3.52. The second-order valence-corrected chi connectivity index (χ2v) is 10.00. The molecule has 0 aromatic heterocycles.